The lowest BCUT2D eigenvalue weighted by Gasteiger charge is -2.35. The Bertz CT molecular complexity index is 647. The van der Waals surface area contributed by atoms with Gasteiger partial charge in [0.1, 0.15) is 0 Å². The molecule has 1 fully saturated rings. The van der Waals surface area contributed by atoms with E-state index in [-0.39, 0.29) is 10.8 Å². The van der Waals surface area contributed by atoms with E-state index in [2.05, 4.69) is 10.6 Å². The fraction of sp³-hybridized carbons (Fsp3) is 0.562. The molecule has 7 nitrogen and oxygen atoms in total. The van der Waals surface area contributed by atoms with Crippen LogP contribution >= 0.6 is 0 Å². The van der Waals surface area contributed by atoms with Gasteiger partial charge in [-0.2, -0.15) is 0 Å². The number of primary sulfonamides is 1. The Morgan fingerprint density at radius 3 is 2.46 bits per heavy atom. The van der Waals surface area contributed by atoms with Crippen LogP contribution in [0.1, 0.15) is 18.4 Å². The number of carbonyl (C=O) groups excluding carboxylic acids is 1. The van der Waals surface area contributed by atoms with Crippen molar-refractivity contribution in [1.82, 2.24) is 10.6 Å². The van der Waals surface area contributed by atoms with Crippen molar-refractivity contribution in [1.29, 1.82) is 0 Å². The van der Waals surface area contributed by atoms with Crippen molar-refractivity contribution in [2.24, 2.45) is 10.6 Å². The molecule has 0 aromatic heterocycles. The molecule has 1 saturated heterocycles. The molecular formula is C16H25N3O4S. The van der Waals surface area contributed by atoms with Crippen LogP contribution in [0.3, 0.4) is 0 Å². The van der Waals surface area contributed by atoms with Crippen LogP contribution in [0.4, 0.5) is 0 Å². The molecule has 0 unspecified atom stereocenters. The summed E-state index contributed by atoms with van der Waals surface area (Å²) in [6.07, 6.45) is 2.14. The minimum absolute atomic E-state index is 0.0204. The van der Waals surface area contributed by atoms with Crippen molar-refractivity contribution in [3.8, 4) is 0 Å². The van der Waals surface area contributed by atoms with Gasteiger partial charge < -0.3 is 15.4 Å². The van der Waals surface area contributed by atoms with E-state index in [1.54, 1.807) is 19.2 Å². The maximum atomic E-state index is 12.6. The number of methoxy groups -OCH3 is 1. The summed E-state index contributed by atoms with van der Waals surface area (Å²) in [4.78, 5) is 12.7. The zero-order chi connectivity index (χ0) is 17.6. The van der Waals surface area contributed by atoms with Crippen molar-refractivity contribution in [3.63, 3.8) is 0 Å². The SMILES string of the molecule is COCC1(C(=O)NCCc2ccc(S(N)(=O)=O)cc2)CCNCC1. The first-order valence-corrected chi connectivity index (χ1v) is 9.52. The minimum atomic E-state index is -3.67. The topological polar surface area (TPSA) is 111 Å². The second kappa shape index (κ2) is 8.06. The Kier molecular flexibility index (Phi) is 6.34. The summed E-state index contributed by atoms with van der Waals surface area (Å²) in [6, 6.07) is 6.38. The molecule has 0 radical (unpaired) electrons. The van der Waals surface area contributed by atoms with E-state index in [9.17, 15) is 13.2 Å². The molecule has 1 heterocycles. The first kappa shape index (κ1) is 18.9. The molecule has 0 atom stereocenters. The van der Waals surface area contributed by atoms with Gasteiger partial charge >= 0.3 is 0 Å². The molecule has 24 heavy (non-hydrogen) atoms. The largest absolute Gasteiger partial charge is 0.384 e. The van der Waals surface area contributed by atoms with Gasteiger partial charge in [-0.25, -0.2) is 13.6 Å². The zero-order valence-corrected chi connectivity index (χ0v) is 14.7. The first-order valence-electron chi connectivity index (χ1n) is 7.97. The van der Waals surface area contributed by atoms with Crippen LogP contribution in [0, 0.1) is 5.41 Å². The summed E-state index contributed by atoms with van der Waals surface area (Å²) in [5, 5.41) is 11.3. The number of sulfonamides is 1. The van der Waals surface area contributed by atoms with Crippen LogP contribution in [-0.2, 0) is 26.0 Å². The van der Waals surface area contributed by atoms with Gasteiger partial charge in [-0.15, -0.1) is 0 Å². The number of piperidine rings is 1. The van der Waals surface area contributed by atoms with Crippen molar-refractivity contribution in [2.75, 3.05) is 33.4 Å². The average Bonchev–Trinajstić information content (AvgIpc) is 2.55. The molecule has 0 spiro atoms. The van der Waals surface area contributed by atoms with Crippen LogP contribution < -0.4 is 15.8 Å². The van der Waals surface area contributed by atoms with Crippen molar-refractivity contribution < 1.29 is 17.9 Å². The third kappa shape index (κ3) is 4.76. The van der Waals surface area contributed by atoms with E-state index in [0.717, 1.165) is 31.5 Å². The summed E-state index contributed by atoms with van der Waals surface area (Å²) in [6.45, 7) is 2.54. The van der Waals surface area contributed by atoms with Crippen LogP contribution in [-0.4, -0.2) is 47.7 Å². The normalized spacial score (nSPS) is 17.4. The fourth-order valence-corrected chi connectivity index (χ4v) is 3.49. The Morgan fingerprint density at radius 1 is 1.29 bits per heavy atom. The fourth-order valence-electron chi connectivity index (χ4n) is 2.97. The lowest BCUT2D eigenvalue weighted by molar-refractivity contribution is -0.136. The van der Waals surface area contributed by atoms with Crippen LogP contribution in [0.5, 0.6) is 0 Å². The average molecular weight is 355 g/mol. The lowest BCUT2D eigenvalue weighted by atomic mass is 9.78. The molecule has 4 N–H and O–H groups in total. The zero-order valence-electron chi connectivity index (χ0n) is 13.9. The standard InChI is InChI=1S/C16H25N3O4S/c1-23-12-16(7-10-18-11-8-16)15(20)19-9-6-13-2-4-14(5-3-13)24(17,21)22/h2-5,18H,6-12H2,1H3,(H,19,20)(H2,17,21,22). The van der Waals surface area contributed by atoms with Crippen molar-refractivity contribution in [3.05, 3.63) is 29.8 Å². The highest BCUT2D eigenvalue weighted by Gasteiger charge is 2.39. The van der Waals surface area contributed by atoms with Gasteiger partial charge in [0, 0.05) is 13.7 Å². The van der Waals surface area contributed by atoms with Crippen LogP contribution in [0.15, 0.2) is 29.2 Å². The van der Waals surface area contributed by atoms with Gasteiger partial charge in [-0.3, -0.25) is 4.79 Å². The molecule has 0 bridgehead atoms. The number of hydrogen-bond donors (Lipinski definition) is 3. The summed E-state index contributed by atoms with van der Waals surface area (Å²) in [7, 11) is -2.06. The molecule has 1 aliphatic heterocycles. The Labute approximate surface area is 143 Å². The van der Waals surface area contributed by atoms with Crippen molar-refractivity contribution in [2.45, 2.75) is 24.2 Å². The molecule has 2 rings (SSSR count). The molecule has 134 valence electrons. The molecule has 8 heteroatoms. The molecular weight excluding hydrogens is 330 g/mol. The van der Waals surface area contributed by atoms with Gasteiger partial charge in [-0.1, -0.05) is 12.1 Å². The molecule has 1 amide bonds. The number of rotatable bonds is 7. The highest BCUT2D eigenvalue weighted by molar-refractivity contribution is 7.89. The number of ether oxygens (including phenoxy) is 1. The molecule has 1 aromatic rings. The Balaban J connectivity index is 1.89. The third-order valence-electron chi connectivity index (χ3n) is 4.41. The third-order valence-corrected chi connectivity index (χ3v) is 5.34. The van der Waals surface area contributed by atoms with Gasteiger partial charge in [0.15, 0.2) is 0 Å². The van der Waals surface area contributed by atoms with Crippen LogP contribution in [0.2, 0.25) is 0 Å². The summed E-state index contributed by atoms with van der Waals surface area (Å²) < 4.78 is 27.7. The minimum Gasteiger partial charge on any atom is -0.384 e. The molecule has 1 aromatic carbocycles. The second-order valence-electron chi connectivity index (χ2n) is 6.16. The lowest BCUT2D eigenvalue weighted by Crippen LogP contribution is -2.50. The van der Waals surface area contributed by atoms with Crippen molar-refractivity contribution >= 4 is 15.9 Å². The molecule has 0 saturated carbocycles. The van der Waals surface area contributed by atoms with E-state index in [4.69, 9.17) is 9.88 Å². The van der Waals surface area contributed by atoms with E-state index in [0.29, 0.717) is 19.6 Å². The first-order chi connectivity index (χ1) is 11.4. The Hall–Kier alpha value is -1.48. The predicted molar refractivity (Wildman–Crippen MR) is 90.9 cm³/mol. The quantitative estimate of drug-likeness (QED) is 0.638. The molecule has 0 aliphatic carbocycles. The monoisotopic (exact) mass is 355 g/mol. The smallest absolute Gasteiger partial charge is 0.238 e. The number of amides is 1. The maximum absolute atomic E-state index is 12.6. The number of nitrogens with two attached hydrogens (primary N) is 1. The van der Waals surface area contributed by atoms with Gasteiger partial charge in [-0.05, 0) is 50.0 Å². The number of nitrogens with one attached hydrogen (secondary N) is 2. The molecule has 1 aliphatic rings. The number of hydrogen-bond acceptors (Lipinski definition) is 5. The summed E-state index contributed by atoms with van der Waals surface area (Å²) >= 11 is 0. The Morgan fingerprint density at radius 2 is 1.92 bits per heavy atom. The summed E-state index contributed by atoms with van der Waals surface area (Å²) in [5.74, 6) is 0.0204. The van der Waals surface area contributed by atoms with Gasteiger partial charge in [0.25, 0.3) is 0 Å². The van der Waals surface area contributed by atoms with Gasteiger partial charge in [0.2, 0.25) is 15.9 Å². The second-order valence-corrected chi connectivity index (χ2v) is 7.72. The van der Waals surface area contributed by atoms with E-state index >= 15 is 0 Å². The predicted octanol–water partition coefficient (Wildman–Crippen LogP) is 0.00890. The van der Waals surface area contributed by atoms with Crippen LogP contribution in [0.25, 0.3) is 0 Å². The summed E-state index contributed by atoms with van der Waals surface area (Å²) in [5.41, 5.74) is 0.478. The van der Waals surface area contributed by atoms with Gasteiger partial charge in [0.05, 0.1) is 16.9 Å². The van der Waals surface area contributed by atoms with E-state index < -0.39 is 15.4 Å². The number of benzene rings is 1. The number of carbonyl (C=O) groups is 1. The van der Waals surface area contributed by atoms with E-state index in [1.807, 2.05) is 0 Å². The highest BCUT2D eigenvalue weighted by Crippen LogP contribution is 2.29. The maximum Gasteiger partial charge on any atom is 0.238 e. The highest BCUT2D eigenvalue weighted by atomic mass is 32.2. The van der Waals surface area contributed by atoms with E-state index in [1.165, 1.54) is 12.1 Å².